The predicted molar refractivity (Wildman–Crippen MR) is 83.6 cm³/mol. The number of carbonyl (C=O) groups excluding carboxylic acids is 1. The van der Waals surface area contributed by atoms with Crippen LogP contribution in [0.15, 0.2) is 47.2 Å². The first-order valence-corrected chi connectivity index (χ1v) is 7.60. The summed E-state index contributed by atoms with van der Waals surface area (Å²) in [7, 11) is 0. The van der Waals surface area contributed by atoms with Gasteiger partial charge in [0.05, 0.1) is 0 Å². The van der Waals surface area contributed by atoms with Crippen molar-refractivity contribution in [3.05, 3.63) is 60.2 Å². The quantitative estimate of drug-likeness (QED) is 0.732. The lowest BCUT2D eigenvalue weighted by molar-refractivity contribution is -0.117. The second-order valence-corrected chi connectivity index (χ2v) is 5.73. The molecule has 1 fully saturated rings. The third-order valence-corrected chi connectivity index (χ3v) is 4.02. The number of halogens is 2. The number of pyridine rings is 1. The van der Waals surface area contributed by atoms with Gasteiger partial charge >= 0.3 is 0 Å². The highest BCUT2D eigenvalue weighted by Crippen LogP contribution is 2.32. The number of benzene rings is 1. The Bertz CT molecular complexity index is 909. The number of hydrogen-bond donors (Lipinski definition) is 0. The fourth-order valence-corrected chi connectivity index (χ4v) is 2.84. The zero-order valence-corrected chi connectivity index (χ0v) is 12.9. The van der Waals surface area contributed by atoms with Crippen LogP contribution < -0.4 is 4.90 Å². The molecule has 1 saturated heterocycles. The Hall–Kier alpha value is -3.16. The number of rotatable bonds is 3. The van der Waals surface area contributed by atoms with Gasteiger partial charge in [-0.3, -0.25) is 9.78 Å². The van der Waals surface area contributed by atoms with Gasteiger partial charge < -0.3 is 9.42 Å². The highest BCUT2D eigenvalue weighted by atomic mass is 19.1. The Kier molecular flexibility index (Phi) is 3.72. The summed E-state index contributed by atoms with van der Waals surface area (Å²) in [6, 6.07) is 6.49. The summed E-state index contributed by atoms with van der Waals surface area (Å²) in [5.41, 5.74) is 0.907. The van der Waals surface area contributed by atoms with Crippen LogP contribution >= 0.6 is 0 Å². The van der Waals surface area contributed by atoms with Gasteiger partial charge in [0, 0.05) is 48.6 Å². The highest BCUT2D eigenvalue weighted by Gasteiger charge is 2.35. The number of hydrogen-bond acceptors (Lipinski definition) is 5. The minimum Gasteiger partial charge on any atom is -0.334 e. The molecule has 3 aromatic rings. The molecular formula is C17H12F2N4O2. The molecule has 25 heavy (non-hydrogen) atoms. The predicted octanol–water partition coefficient (Wildman–Crippen LogP) is 2.93. The average Bonchev–Trinajstić information content (AvgIpc) is 3.21. The van der Waals surface area contributed by atoms with E-state index in [4.69, 9.17) is 4.52 Å². The number of anilines is 1. The molecule has 1 aromatic carbocycles. The molecule has 0 spiro atoms. The van der Waals surface area contributed by atoms with Crippen LogP contribution in [0.25, 0.3) is 11.5 Å². The van der Waals surface area contributed by atoms with Gasteiger partial charge in [0.1, 0.15) is 11.6 Å². The zero-order valence-electron chi connectivity index (χ0n) is 12.9. The van der Waals surface area contributed by atoms with E-state index in [1.165, 1.54) is 4.90 Å². The maximum atomic E-state index is 13.4. The number of nitrogens with zero attached hydrogens (tertiary/aromatic N) is 4. The molecule has 1 amide bonds. The summed E-state index contributed by atoms with van der Waals surface area (Å²) in [5.74, 6) is -1.29. The minimum absolute atomic E-state index is 0.146. The molecule has 126 valence electrons. The normalized spacial score (nSPS) is 17.3. The highest BCUT2D eigenvalue weighted by molar-refractivity contribution is 5.96. The SMILES string of the molecule is O=C1CC(c2noc(-c3ccncc3)n2)CN1c1cc(F)cc(F)c1. The Morgan fingerprint density at radius 3 is 2.56 bits per heavy atom. The lowest BCUT2D eigenvalue weighted by Crippen LogP contribution is -2.24. The van der Waals surface area contributed by atoms with Crippen LogP contribution in [0.1, 0.15) is 18.2 Å². The minimum atomic E-state index is -0.731. The lowest BCUT2D eigenvalue weighted by atomic mass is 10.1. The van der Waals surface area contributed by atoms with Crippen LogP contribution in [0.4, 0.5) is 14.5 Å². The van der Waals surface area contributed by atoms with Crippen molar-refractivity contribution in [3.63, 3.8) is 0 Å². The van der Waals surface area contributed by atoms with Gasteiger partial charge in [0.25, 0.3) is 5.89 Å². The number of aromatic nitrogens is 3. The van der Waals surface area contributed by atoms with Gasteiger partial charge in [-0.25, -0.2) is 8.78 Å². The van der Waals surface area contributed by atoms with Crippen LogP contribution in [0.3, 0.4) is 0 Å². The summed E-state index contributed by atoms with van der Waals surface area (Å²) in [5, 5.41) is 3.94. The number of amides is 1. The van der Waals surface area contributed by atoms with Crippen LogP contribution in [-0.4, -0.2) is 27.6 Å². The zero-order chi connectivity index (χ0) is 17.4. The van der Waals surface area contributed by atoms with E-state index >= 15 is 0 Å². The second-order valence-electron chi connectivity index (χ2n) is 5.73. The van der Waals surface area contributed by atoms with Crippen LogP contribution in [0.2, 0.25) is 0 Å². The molecule has 1 aliphatic heterocycles. The molecule has 0 bridgehead atoms. The number of carbonyl (C=O) groups is 1. The van der Waals surface area contributed by atoms with Crippen molar-refractivity contribution in [2.24, 2.45) is 0 Å². The van der Waals surface area contributed by atoms with Gasteiger partial charge in [0.2, 0.25) is 5.91 Å². The first-order valence-electron chi connectivity index (χ1n) is 7.60. The molecule has 1 aliphatic rings. The molecule has 0 N–H and O–H groups in total. The van der Waals surface area contributed by atoms with Crippen LogP contribution in [0.5, 0.6) is 0 Å². The van der Waals surface area contributed by atoms with E-state index in [1.54, 1.807) is 24.5 Å². The summed E-state index contributed by atoms with van der Waals surface area (Å²) >= 11 is 0. The average molecular weight is 342 g/mol. The fourth-order valence-electron chi connectivity index (χ4n) is 2.84. The maximum Gasteiger partial charge on any atom is 0.258 e. The van der Waals surface area contributed by atoms with Crippen LogP contribution in [-0.2, 0) is 4.79 Å². The molecule has 0 radical (unpaired) electrons. The summed E-state index contributed by atoms with van der Waals surface area (Å²) in [4.78, 5) is 21.8. The van der Waals surface area contributed by atoms with Gasteiger partial charge in [-0.1, -0.05) is 5.16 Å². The molecular weight excluding hydrogens is 330 g/mol. The maximum absolute atomic E-state index is 13.4. The Morgan fingerprint density at radius 2 is 1.84 bits per heavy atom. The second kappa shape index (κ2) is 6.04. The largest absolute Gasteiger partial charge is 0.334 e. The summed E-state index contributed by atoms with van der Waals surface area (Å²) in [6.45, 7) is 0.233. The Labute approximate surface area is 141 Å². The van der Waals surface area contributed by atoms with E-state index < -0.39 is 11.6 Å². The first kappa shape index (κ1) is 15.4. The van der Waals surface area contributed by atoms with Crippen LogP contribution in [0, 0.1) is 11.6 Å². The van der Waals surface area contributed by atoms with Crippen molar-refractivity contribution in [2.75, 3.05) is 11.4 Å². The molecule has 3 heterocycles. The third-order valence-electron chi connectivity index (χ3n) is 4.02. The Balaban J connectivity index is 1.57. The Morgan fingerprint density at radius 1 is 1.12 bits per heavy atom. The molecule has 2 aromatic heterocycles. The van der Waals surface area contributed by atoms with E-state index in [-0.39, 0.29) is 30.5 Å². The van der Waals surface area contributed by atoms with Gasteiger partial charge in [-0.2, -0.15) is 4.98 Å². The standard InChI is InChI=1S/C17H12F2N4O2/c18-12-6-13(19)8-14(7-12)23-9-11(5-15(23)24)16-21-17(25-22-16)10-1-3-20-4-2-10/h1-4,6-8,11H,5,9H2. The molecule has 0 saturated carbocycles. The van der Waals surface area contributed by atoms with E-state index in [0.717, 1.165) is 23.8 Å². The summed E-state index contributed by atoms with van der Waals surface area (Å²) in [6.07, 6.45) is 3.37. The van der Waals surface area contributed by atoms with Crippen molar-refractivity contribution in [3.8, 4) is 11.5 Å². The monoisotopic (exact) mass is 342 g/mol. The lowest BCUT2D eigenvalue weighted by Gasteiger charge is -2.16. The molecule has 4 rings (SSSR count). The van der Waals surface area contributed by atoms with Crippen molar-refractivity contribution >= 4 is 11.6 Å². The van der Waals surface area contributed by atoms with E-state index in [0.29, 0.717) is 11.7 Å². The third kappa shape index (κ3) is 2.98. The topological polar surface area (TPSA) is 72.1 Å². The molecule has 1 atom stereocenters. The van der Waals surface area contributed by atoms with E-state index in [1.807, 2.05) is 0 Å². The molecule has 1 unspecified atom stereocenters. The molecule has 0 aliphatic carbocycles. The first-order chi connectivity index (χ1) is 12.1. The van der Waals surface area contributed by atoms with Crippen molar-refractivity contribution in [1.82, 2.24) is 15.1 Å². The molecule has 8 heteroatoms. The fraction of sp³-hybridized carbons (Fsp3) is 0.176. The van der Waals surface area contributed by atoms with Crippen molar-refractivity contribution < 1.29 is 18.1 Å². The van der Waals surface area contributed by atoms with Gasteiger partial charge in [-0.05, 0) is 24.3 Å². The van der Waals surface area contributed by atoms with E-state index in [2.05, 4.69) is 15.1 Å². The smallest absolute Gasteiger partial charge is 0.258 e. The van der Waals surface area contributed by atoms with Gasteiger partial charge in [-0.15, -0.1) is 0 Å². The van der Waals surface area contributed by atoms with Crippen molar-refractivity contribution in [1.29, 1.82) is 0 Å². The van der Waals surface area contributed by atoms with Gasteiger partial charge in [0.15, 0.2) is 5.82 Å². The summed E-state index contributed by atoms with van der Waals surface area (Å²) < 4.78 is 32.0. The van der Waals surface area contributed by atoms with Crippen molar-refractivity contribution in [2.45, 2.75) is 12.3 Å². The molecule has 6 nitrogen and oxygen atoms in total. The van der Waals surface area contributed by atoms with E-state index in [9.17, 15) is 13.6 Å².